The first-order valence-corrected chi connectivity index (χ1v) is 7.81. The average Bonchev–Trinajstić information content (AvgIpc) is 3.12. The van der Waals surface area contributed by atoms with Crippen molar-refractivity contribution >= 4 is 22.4 Å². The molecule has 4 rings (SSSR count). The van der Waals surface area contributed by atoms with Crippen molar-refractivity contribution in [1.29, 1.82) is 0 Å². The summed E-state index contributed by atoms with van der Waals surface area (Å²) in [6.07, 6.45) is 1.67. The predicted octanol–water partition coefficient (Wildman–Crippen LogP) is 4.42. The number of rotatable bonds is 3. The molecule has 0 radical (unpaired) electrons. The summed E-state index contributed by atoms with van der Waals surface area (Å²) in [4.78, 5) is 12.4. The normalized spacial score (nSPS) is 10.8. The first kappa shape index (κ1) is 15.1. The molecule has 1 heterocycles. The summed E-state index contributed by atoms with van der Waals surface area (Å²) >= 11 is 0. The van der Waals surface area contributed by atoms with E-state index in [-0.39, 0.29) is 17.4 Å². The van der Waals surface area contributed by atoms with Gasteiger partial charge in [-0.15, -0.1) is 0 Å². The minimum atomic E-state index is -0.315. The van der Waals surface area contributed by atoms with Crippen molar-refractivity contribution in [3.63, 3.8) is 0 Å². The van der Waals surface area contributed by atoms with Crippen LogP contribution in [0.25, 0.3) is 16.5 Å². The zero-order valence-corrected chi connectivity index (χ0v) is 13.2. The van der Waals surface area contributed by atoms with E-state index in [4.69, 9.17) is 0 Å². The van der Waals surface area contributed by atoms with Crippen molar-refractivity contribution < 1.29 is 9.18 Å². The van der Waals surface area contributed by atoms with Gasteiger partial charge in [0, 0.05) is 11.9 Å². The zero-order valence-electron chi connectivity index (χ0n) is 13.2. The van der Waals surface area contributed by atoms with Gasteiger partial charge in [-0.3, -0.25) is 4.79 Å². The van der Waals surface area contributed by atoms with E-state index in [1.807, 2.05) is 42.5 Å². The Morgan fingerprint density at radius 1 is 0.920 bits per heavy atom. The van der Waals surface area contributed by atoms with Crippen LogP contribution in [0.1, 0.15) is 10.5 Å². The second kappa shape index (κ2) is 6.20. The molecule has 0 saturated heterocycles. The van der Waals surface area contributed by atoms with Gasteiger partial charge in [-0.1, -0.05) is 30.3 Å². The van der Waals surface area contributed by atoms with Crippen LogP contribution in [0, 0.1) is 5.82 Å². The van der Waals surface area contributed by atoms with Gasteiger partial charge >= 0.3 is 0 Å². The summed E-state index contributed by atoms with van der Waals surface area (Å²) in [6, 6.07) is 21.2. The van der Waals surface area contributed by atoms with Crippen LogP contribution in [0.15, 0.2) is 79.0 Å². The summed E-state index contributed by atoms with van der Waals surface area (Å²) in [5, 5.41) is 9.27. The minimum absolute atomic E-state index is 0.289. The van der Waals surface area contributed by atoms with E-state index >= 15 is 0 Å². The SMILES string of the molecule is O=C(Nc1ccc2ccccc2c1)c1ccn(-c2ccc(F)cc2)n1. The highest BCUT2D eigenvalue weighted by Gasteiger charge is 2.11. The van der Waals surface area contributed by atoms with Crippen molar-refractivity contribution in [3.05, 3.63) is 90.5 Å². The van der Waals surface area contributed by atoms with E-state index in [2.05, 4.69) is 10.4 Å². The van der Waals surface area contributed by atoms with Gasteiger partial charge < -0.3 is 5.32 Å². The van der Waals surface area contributed by atoms with Gasteiger partial charge in [0.1, 0.15) is 5.82 Å². The van der Waals surface area contributed by atoms with Gasteiger partial charge in [0.25, 0.3) is 5.91 Å². The lowest BCUT2D eigenvalue weighted by Crippen LogP contribution is -2.13. The number of halogens is 1. The fourth-order valence-electron chi connectivity index (χ4n) is 2.64. The molecule has 0 aliphatic carbocycles. The van der Waals surface area contributed by atoms with Crippen LogP contribution in [0.3, 0.4) is 0 Å². The molecule has 0 unspecified atom stereocenters. The van der Waals surface area contributed by atoms with Crippen molar-refractivity contribution in [2.45, 2.75) is 0 Å². The first-order chi connectivity index (χ1) is 12.2. The predicted molar refractivity (Wildman–Crippen MR) is 95.4 cm³/mol. The van der Waals surface area contributed by atoms with Gasteiger partial charge in [-0.25, -0.2) is 9.07 Å². The third kappa shape index (κ3) is 3.12. The Bertz CT molecular complexity index is 1050. The van der Waals surface area contributed by atoms with Gasteiger partial charge in [0.15, 0.2) is 5.69 Å². The fraction of sp³-hybridized carbons (Fsp3) is 0. The summed E-state index contributed by atoms with van der Waals surface area (Å²) < 4.78 is 14.5. The zero-order chi connectivity index (χ0) is 17.2. The fourth-order valence-corrected chi connectivity index (χ4v) is 2.64. The van der Waals surface area contributed by atoms with Crippen LogP contribution in [0.4, 0.5) is 10.1 Å². The van der Waals surface area contributed by atoms with Crippen molar-refractivity contribution in [2.24, 2.45) is 0 Å². The maximum Gasteiger partial charge on any atom is 0.276 e. The second-order valence-electron chi connectivity index (χ2n) is 5.64. The summed E-state index contributed by atoms with van der Waals surface area (Å²) in [5.74, 6) is -0.610. The van der Waals surface area contributed by atoms with Gasteiger partial charge in [-0.05, 0) is 53.2 Å². The molecule has 3 aromatic carbocycles. The maximum absolute atomic E-state index is 13.0. The lowest BCUT2D eigenvalue weighted by atomic mass is 10.1. The first-order valence-electron chi connectivity index (χ1n) is 7.81. The maximum atomic E-state index is 13.0. The van der Waals surface area contributed by atoms with Gasteiger partial charge in [0.05, 0.1) is 5.69 Å². The molecule has 0 bridgehead atoms. The molecule has 0 saturated carbocycles. The lowest BCUT2D eigenvalue weighted by Gasteiger charge is -2.05. The Morgan fingerprint density at radius 2 is 1.68 bits per heavy atom. The molecule has 1 N–H and O–H groups in total. The third-order valence-electron chi connectivity index (χ3n) is 3.92. The van der Waals surface area contributed by atoms with Gasteiger partial charge in [0.2, 0.25) is 0 Å². The highest BCUT2D eigenvalue weighted by molar-refractivity contribution is 6.03. The molecule has 0 atom stereocenters. The number of aromatic nitrogens is 2. The van der Waals surface area contributed by atoms with E-state index in [1.54, 1.807) is 24.4 Å². The molecule has 0 aliphatic rings. The number of amides is 1. The molecule has 0 spiro atoms. The number of nitrogens with one attached hydrogen (secondary N) is 1. The van der Waals surface area contributed by atoms with E-state index in [1.165, 1.54) is 16.8 Å². The van der Waals surface area contributed by atoms with Crippen LogP contribution < -0.4 is 5.32 Å². The third-order valence-corrected chi connectivity index (χ3v) is 3.92. The topological polar surface area (TPSA) is 46.9 Å². The van der Waals surface area contributed by atoms with E-state index in [0.717, 1.165) is 10.8 Å². The molecule has 1 aromatic heterocycles. The average molecular weight is 331 g/mol. The Labute approximate surface area is 143 Å². The quantitative estimate of drug-likeness (QED) is 0.604. The van der Waals surface area contributed by atoms with E-state index in [0.29, 0.717) is 11.4 Å². The number of carbonyl (C=O) groups excluding carboxylic acids is 1. The molecular weight excluding hydrogens is 317 g/mol. The number of carbonyl (C=O) groups is 1. The van der Waals surface area contributed by atoms with Crippen LogP contribution in [0.2, 0.25) is 0 Å². The molecule has 1 amide bonds. The molecule has 122 valence electrons. The summed E-state index contributed by atoms with van der Waals surface area (Å²) in [7, 11) is 0. The number of fused-ring (bicyclic) bond motifs is 1. The van der Waals surface area contributed by atoms with Crippen LogP contribution in [-0.4, -0.2) is 15.7 Å². The highest BCUT2D eigenvalue weighted by Crippen LogP contribution is 2.19. The Kier molecular flexibility index (Phi) is 3.74. The number of nitrogens with zero attached hydrogens (tertiary/aromatic N) is 2. The molecule has 4 aromatic rings. The summed E-state index contributed by atoms with van der Waals surface area (Å²) in [5.41, 5.74) is 1.68. The van der Waals surface area contributed by atoms with Crippen LogP contribution >= 0.6 is 0 Å². The van der Waals surface area contributed by atoms with E-state index < -0.39 is 0 Å². The second-order valence-corrected chi connectivity index (χ2v) is 5.64. The van der Waals surface area contributed by atoms with Crippen LogP contribution in [0.5, 0.6) is 0 Å². The van der Waals surface area contributed by atoms with Crippen molar-refractivity contribution in [1.82, 2.24) is 9.78 Å². The molecule has 5 heteroatoms. The number of hydrogen-bond acceptors (Lipinski definition) is 2. The minimum Gasteiger partial charge on any atom is -0.321 e. The summed E-state index contributed by atoms with van der Waals surface area (Å²) in [6.45, 7) is 0. The van der Waals surface area contributed by atoms with E-state index in [9.17, 15) is 9.18 Å². The molecule has 0 aliphatic heterocycles. The monoisotopic (exact) mass is 331 g/mol. The molecular formula is C20H14FN3O. The van der Waals surface area contributed by atoms with Gasteiger partial charge in [-0.2, -0.15) is 5.10 Å². The van der Waals surface area contributed by atoms with Crippen molar-refractivity contribution in [2.75, 3.05) is 5.32 Å². The standard InChI is InChI=1S/C20H14FN3O/c21-16-6-9-18(10-7-16)24-12-11-19(23-24)20(25)22-17-8-5-14-3-1-2-4-15(14)13-17/h1-13H,(H,22,25). The number of benzene rings is 3. The lowest BCUT2D eigenvalue weighted by molar-refractivity contribution is 0.102. The Balaban J connectivity index is 1.55. The Hall–Kier alpha value is -3.47. The van der Waals surface area contributed by atoms with Crippen molar-refractivity contribution in [3.8, 4) is 5.69 Å². The largest absolute Gasteiger partial charge is 0.321 e. The number of hydrogen-bond donors (Lipinski definition) is 1. The highest BCUT2D eigenvalue weighted by atomic mass is 19.1. The Morgan fingerprint density at radius 3 is 2.48 bits per heavy atom. The molecule has 4 nitrogen and oxygen atoms in total. The van der Waals surface area contributed by atoms with Crippen LogP contribution in [-0.2, 0) is 0 Å². The molecule has 25 heavy (non-hydrogen) atoms. The number of anilines is 1. The molecule has 0 fully saturated rings. The smallest absolute Gasteiger partial charge is 0.276 e.